The van der Waals surface area contributed by atoms with Crippen LogP contribution in [0.2, 0.25) is 5.02 Å². The predicted molar refractivity (Wildman–Crippen MR) is 87.8 cm³/mol. The summed E-state index contributed by atoms with van der Waals surface area (Å²) in [5, 5.41) is 16.2. The Hall–Kier alpha value is -1.89. The maximum absolute atomic E-state index is 12.0. The van der Waals surface area contributed by atoms with Gasteiger partial charge in [-0.15, -0.1) is 11.3 Å². The van der Waals surface area contributed by atoms with E-state index in [4.69, 9.17) is 16.7 Å². The van der Waals surface area contributed by atoms with Crippen molar-refractivity contribution in [2.24, 2.45) is 0 Å². The molecule has 1 heterocycles. The molecule has 5 nitrogen and oxygen atoms in total. The van der Waals surface area contributed by atoms with Crippen molar-refractivity contribution in [2.75, 3.05) is 18.5 Å². The molecule has 116 valence electrons. The van der Waals surface area contributed by atoms with E-state index in [2.05, 4.69) is 10.6 Å². The number of nitrogens with one attached hydrogen (secondary N) is 2. The van der Waals surface area contributed by atoms with Gasteiger partial charge in [0.2, 0.25) is 0 Å². The number of hydrogen-bond donors (Lipinski definition) is 3. The molecule has 0 radical (unpaired) electrons. The summed E-state index contributed by atoms with van der Waals surface area (Å²) >= 11 is 7.38. The molecule has 0 aliphatic carbocycles. The van der Waals surface area contributed by atoms with Crippen molar-refractivity contribution in [3.8, 4) is 0 Å². The highest BCUT2D eigenvalue weighted by Crippen LogP contribution is 2.24. The van der Waals surface area contributed by atoms with Crippen LogP contribution >= 0.6 is 22.9 Å². The van der Waals surface area contributed by atoms with Crippen LogP contribution in [-0.4, -0.2) is 30.1 Å². The van der Waals surface area contributed by atoms with E-state index < -0.39 is 0 Å². The standard InChI is InChI=1S/C15H15ClN2O3S/c16-11-5-4-10(14(20)17-6-2-7-19)9-12(11)18-15(21)13-3-1-8-22-13/h1,3-5,8-9,19H,2,6-7H2,(H,17,20)(H,18,21). The molecule has 0 saturated carbocycles. The maximum atomic E-state index is 12.0. The minimum atomic E-state index is -0.281. The number of aliphatic hydroxyl groups is 1. The Morgan fingerprint density at radius 1 is 1.23 bits per heavy atom. The normalized spacial score (nSPS) is 10.3. The Morgan fingerprint density at radius 3 is 2.73 bits per heavy atom. The molecule has 0 atom stereocenters. The van der Waals surface area contributed by atoms with Crippen molar-refractivity contribution in [2.45, 2.75) is 6.42 Å². The number of thiophene rings is 1. The van der Waals surface area contributed by atoms with Gasteiger partial charge in [0.1, 0.15) is 0 Å². The minimum Gasteiger partial charge on any atom is -0.396 e. The van der Waals surface area contributed by atoms with E-state index in [1.165, 1.54) is 17.4 Å². The quantitative estimate of drug-likeness (QED) is 0.709. The smallest absolute Gasteiger partial charge is 0.265 e. The second-order valence-electron chi connectivity index (χ2n) is 4.46. The Balaban J connectivity index is 2.09. The number of aliphatic hydroxyl groups excluding tert-OH is 1. The van der Waals surface area contributed by atoms with Crippen LogP contribution in [0.1, 0.15) is 26.5 Å². The number of carbonyl (C=O) groups is 2. The highest BCUT2D eigenvalue weighted by molar-refractivity contribution is 7.12. The molecule has 22 heavy (non-hydrogen) atoms. The van der Waals surface area contributed by atoms with Crippen molar-refractivity contribution in [3.05, 3.63) is 51.2 Å². The summed E-state index contributed by atoms with van der Waals surface area (Å²) in [6.45, 7) is 0.401. The monoisotopic (exact) mass is 338 g/mol. The first kappa shape index (κ1) is 16.5. The number of amides is 2. The van der Waals surface area contributed by atoms with Gasteiger partial charge in [-0.05, 0) is 36.1 Å². The van der Waals surface area contributed by atoms with E-state index in [1.54, 1.807) is 24.3 Å². The summed E-state index contributed by atoms with van der Waals surface area (Å²) in [7, 11) is 0. The zero-order valence-electron chi connectivity index (χ0n) is 11.6. The van der Waals surface area contributed by atoms with E-state index in [0.717, 1.165) is 0 Å². The molecular weight excluding hydrogens is 324 g/mol. The van der Waals surface area contributed by atoms with Crippen LogP contribution in [0.3, 0.4) is 0 Å². The van der Waals surface area contributed by atoms with Gasteiger partial charge in [-0.2, -0.15) is 0 Å². The first-order chi connectivity index (χ1) is 10.6. The van der Waals surface area contributed by atoms with Gasteiger partial charge in [0.25, 0.3) is 11.8 Å². The fraction of sp³-hybridized carbons (Fsp3) is 0.200. The molecular formula is C15H15ClN2O3S. The third-order valence-corrected chi connectivity index (χ3v) is 4.04. The van der Waals surface area contributed by atoms with Gasteiger partial charge in [0.05, 0.1) is 15.6 Å². The number of hydrogen-bond acceptors (Lipinski definition) is 4. The molecule has 0 saturated heterocycles. The molecule has 7 heteroatoms. The van der Waals surface area contributed by atoms with Crippen LogP contribution in [0.4, 0.5) is 5.69 Å². The van der Waals surface area contributed by atoms with E-state index in [0.29, 0.717) is 34.1 Å². The molecule has 0 unspecified atom stereocenters. The molecule has 1 aromatic carbocycles. The Labute approximate surface area is 136 Å². The van der Waals surface area contributed by atoms with Gasteiger partial charge >= 0.3 is 0 Å². The molecule has 3 N–H and O–H groups in total. The van der Waals surface area contributed by atoms with Gasteiger partial charge in [-0.25, -0.2) is 0 Å². The minimum absolute atomic E-state index is 0.0169. The predicted octanol–water partition coefficient (Wildman–Crippen LogP) is 2.77. The summed E-state index contributed by atoms with van der Waals surface area (Å²) in [6, 6.07) is 8.16. The van der Waals surface area contributed by atoms with Crippen molar-refractivity contribution in [1.82, 2.24) is 5.32 Å². The third-order valence-electron chi connectivity index (χ3n) is 2.84. The van der Waals surface area contributed by atoms with E-state index in [1.807, 2.05) is 5.38 Å². The highest BCUT2D eigenvalue weighted by Gasteiger charge is 2.12. The van der Waals surface area contributed by atoms with E-state index in [9.17, 15) is 9.59 Å². The maximum Gasteiger partial charge on any atom is 0.265 e. The SMILES string of the molecule is O=C(NCCCO)c1ccc(Cl)c(NC(=O)c2cccs2)c1. The van der Waals surface area contributed by atoms with Crippen molar-refractivity contribution >= 4 is 40.4 Å². The summed E-state index contributed by atoms with van der Waals surface area (Å²) in [6.07, 6.45) is 0.487. The molecule has 2 rings (SSSR count). The van der Waals surface area contributed by atoms with Crippen molar-refractivity contribution in [3.63, 3.8) is 0 Å². The molecule has 2 amide bonds. The summed E-state index contributed by atoms with van der Waals surface area (Å²) in [4.78, 5) is 24.5. The zero-order valence-corrected chi connectivity index (χ0v) is 13.2. The Morgan fingerprint density at radius 2 is 2.05 bits per heavy atom. The fourth-order valence-electron chi connectivity index (χ4n) is 1.74. The lowest BCUT2D eigenvalue weighted by atomic mass is 10.2. The van der Waals surface area contributed by atoms with Gasteiger partial charge < -0.3 is 15.7 Å². The highest BCUT2D eigenvalue weighted by atomic mass is 35.5. The van der Waals surface area contributed by atoms with Crippen LogP contribution in [0.5, 0.6) is 0 Å². The molecule has 2 aromatic rings. The topological polar surface area (TPSA) is 78.4 Å². The Kier molecular flexibility index (Phi) is 5.94. The molecule has 0 aliphatic rings. The average molecular weight is 339 g/mol. The zero-order chi connectivity index (χ0) is 15.9. The number of carbonyl (C=O) groups excluding carboxylic acids is 2. The largest absolute Gasteiger partial charge is 0.396 e. The van der Waals surface area contributed by atoms with E-state index >= 15 is 0 Å². The van der Waals surface area contributed by atoms with Crippen molar-refractivity contribution < 1.29 is 14.7 Å². The van der Waals surface area contributed by atoms with Crippen LogP contribution < -0.4 is 10.6 Å². The lowest BCUT2D eigenvalue weighted by Gasteiger charge is -2.09. The van der Waals surface area contributed by atoms with Gasteiger partial charge in [0, 0.05) is 18.7 Å². The second kappa shape index (κ2) is 7.93. The van der Waals surface area contributed by atoms with E-state index in [-0.39, 0.29) is 18.4 Å². The average Bonchev–Trinajstić information content (AvgIpc) is 3.04. The summed E-state index contributed by atoms with van der Waals surface area (Å²) < 4.78 is 0. The number of halogens is 1. The lowest BCUT2D eigenvalue weighted by Crippen LogP contribution is -2.25. The Bertz CT molecular complexity index is 659. The number of anilines is 1. The van der Waals surface area contributed by atoms with Gasteiger partial charge in [-0.1, -0.05) is 17.7 Å². The molecule has 0 fully saturated rings. The molecule has 0 aliphatic heterocycles. The van der Waals surface area contributed by atoms with Crippen LogP contribution in [0.15, 0.2) is 35.7 Å². The summed E-state index contributed by atoms with van der Waals surface area (Å²) in [5.41, 5.74) is 0.777. The van der Waals surface area contributed by atoms with Crippen LogP contribution in [0.25, 0.3) is 0 Å². The lowest BCUT2D eigenvalue weighted by molar-refractivity contribution is 0.0949. The first-order valence-electron chi connectivity index (χ1n) is 6.65. The first-order valence-corrected chi connectivity index (χ1v) is 7.91. The number of rotatable bonds is 6. The van der Waals surface area contributed by atoms with Gasteiger partial charge in [0.15, 0.2) is 0 Å². The van der Waals surface area contributed by atoms with Crippen molar-refractivity contribution in [1.29, 1.82) is 0 Å². The summed E-state index contributed by atoms with van der Waals surface area (Å²) in [5.74, 6) is -0.550. The second-order valence-corrected chi connectivity index (χ2v) is 5.81. The fourth-order valence-corrected chi connectivity index (χ4v) is 2.52. The number of benzene rings is 1. The molecule has 0 bridgehead atoms. The molecule has 1 aromatic heterocycles. The van der Waals surface area contributed by atoms with Crippen LogP contribution in [0, 0.1) is 0 Å². The van der Waals surface area contributed by atoms with Crippen LogP contribution in [-0.2, 0) is 0 Å². The molecule has 0 spiro atoms. The third kappa shape index (κ3) is 4.30. The van der Waals surface area contributed by atoms with Gasteiger partial charge in [-0.3, -0.25) is 9.59 Å².